The van der Waals surface area contributed by atoms with Crippen molar-refractivity contribution in [2.24, 2.45) is 5.92 Å². The van der Waals surface area contributed by atoms with Crippen LogP contribution in [0.1, 0.15) is 30.1 Å². The van der Waals surface area contributed by atoms with Crippen molar-refractivity contribution in [3.8, 4) is 17.6 Å². The third-order valence-electron chi connectivity index (χ3n) is 3.30. The number of ether oxygens (including phenoxy) is 1. The first-order valence-electron chi connectivity index (χ1n) is 6.98. The van der Waals surface area contributed by atoms with Crippen LogP contribution in [-0.2, 0) is 0 Å². The fourth-order valence-electron chi connectivity index (χ4n) is 2.11. The van der Waals surface area contributed by atoms with Gasteiger partial charge in [0.1, 0.15) is 11.5 Å². The largest absolute Gasteiger partial charge is 0.457 e. The van der Waals surface area contributed by atoms with E-state index in [1.807, 2.05) is 43.3 Å². The molecule has 0 spiro atoms. The summed E-state index contributed by atoms with van der Waals surface area (Å²) in [7, 11) is 0. The van der Waals surface area contributed by atoms with Crippen molar-refractivity contribution in [3.63, 3.8) is 0 Å². The highest BCUT2D eigenvalue weighted by Gasteiger charge is 2.18. The third-order valence-corrected chi connectivity index (χ3v) is 3.30. The Morgan fingerprint density at radius 1 is 1.14 bits per heavy atom. The standard InChI is InChI=1S/C18H17NO2/c1-2-14(11-12-19)18(20)15-7-6-10-17(13-15)21-16-8-4-3-5-9-16/h3-10,13-14H,2,11H2,1H3. The highest BCUT2D eigenvalue weighted by atomic mass is 16.5. The summed E-state index contributed by atoms with van der Waals surface area (Å²) < 4.78 is 5.73. The molecule has 0 radical (unpaired) electrons. The Hall–Kier alpha value is -2.60. The number of Topliss-reactive ketones (excluding diaryl/α,β-unsaturated/α-hetero) is 1. The Morgan fingerprint density at radius 3 is 2.52 bits per heavy atom. The number of rotatable bonds is 6. The molecule has 0 aliphatic heterocycles. The molecule has 0 fully saturated rings. The van der Waals surface area contributed by atoms with E-state index in [1.165, 1.54) is 0 Å². The lowest BCUT2D eigenvalue weighted by atomic mass is 9.93. The quantitative estimate of drug-likeness (QED) is 0.726. The molecule has 3 nitrogen and oxygen atoms in total. The normalized spacial score (nSPS) is 11.4. The fraction of sp³-hybridized carbons (Fsp3) is 0.222. The summed E-state index contributed by atoms with van der Waals surface area (Å²) in [6.07, 6.45) is 0.912. The van der Waals surface area contributed by atoms with Gasteiger partial charge in [0.25, 0.3) is 0 Å². The monoisotopic (exact) mass is 279 g/mol. The van der Waals surface area contributed by atoms with Gasteiger partial charge in [0.05, 0.1) is 6.07 Å². The summed E-state index contributed by atoms with van der Waals surface area (Å²) in [5.41, 5.74) is 0.588. The lowest BCUT2D eigenvalue weighted by Gasteiger charge is -2.11. The lowest BCUT2D eigenvalue weighted by molar-refractivity contribution is 0.0918. The number of carbonyl (C=O) groups is 1. The second kappa shape index (κ2) is 7.25. The molecule has 0 N–H and O–H groups in total. The van der Waals surface area contributed by atoms with E-state index >= 15 is 0 Å². The number of benzene rings is 2. The molecule has 2 aromatic rings. The number of nitriles is 1. The summed E-state index contributed by atoms with van der Waals surface area (Å²) in [5, 5.41) is 8.79. The van der Waals surface area contributed by atoms with E-state index in [1.54, 1.807) is 18.2 Å². The van der Waals surface area contributed by atoms with Crippen LogP contribution in [0.25, 0.3) is 0 Å². The van der Waals surface area contributed by atoms with Gasteiger partial charge < -0.3 is 4.74 Å². The molecule has 1 atom stereocenters. The van der Waals surface area contributed by atoms with E-state index in [9.17, 15) is 4.79 Å². The molecular weight excluding hydrogens is 262 g/mol. The van der Waals surface area contributed by atoms with Crippen molar-refractivity contribution in [2.45, 2.75) is 19.8 Å². The van der Waals surface area contributed by atoms with Gasteiger partial charge in [0, 0.05) is 17.9 Å². The molecule has 0 amide bonds. The van der Waals surface area contributed by atoms with Crippen molar-refractivity contribution >= 4 is 5.78 Å². The molecule has 3 heteroatoms. The van der Waals surface area contributed by atoms with Gasteiger partial charge in [0.15, 0.2) is 5.78 Å². The van der Waals surface area contributed by atoms with Gasteiger partial charge in [0.2, 0.25) is 0 Å². The molecule has 0 aliphatic carbocycles. The van der Waals surface area contributed by atoms with Gasteiger partial charge in [-0.1, -0.05) is 37.3 Å². The Labute approximate surface area is 124 Å². The fourth-order valence-corrected chi connectivity index (χ4v) is 2.11. The zero-order chi connectivity index (χ0) is 15.1. The molecule has 0 bridgehead atoms. The number of hydrogen-bond acceptors (Lipinski definition) is 3. The number of hydrogen-bond donors (Lipinski definition) is 0. The average molecular weight is 279 g/mol. The third kappa shape index (κ3) is 3.93. The van der Waals surface area contributed by atoms with Crippen LogP contribution in [0.15, 0.2) is 54.6 Å². The van der Waals surface area contributed by atoms with E-state index in [-0.39, 0.29) is 18.1 Å². The maximum atomic E-state index is 12.4. The second-order valence-electron chi connectivity index (χ2n) is 4.77. The Kier molecular flexibility index (Phi) is 5.11. The van der Waals surface area contributed by atoms with Crippen LogP contribution in [0.4, 0.5) is 0 Å². The van der Waals surface area contributed by atoms with E-state index in [2.05, 4.69) is 6.07 Å². The van der Waals surface area contributed by atoms with Gasteiger partial charge >= 0.3 is 0 Å². The number of carbonyl (C=O) groups excluding carboxylic acids is 1. The summed E-state index contributed by atoms with van der Waals surface area (Å²) in [5.74, 6) is 1.10. The van der Waals surface area contributed by atoms with Crippen molar-refractivity contribution in [3.05, 3.63) is 60.2 Å². The van der Waals surface area contributed by atoms with E-state index < -0.39 is 0 Å². The number of nitrogens with zero attached hydrogens (tertiary/aromatic N) is 1. The predicted octanol–water partition coefficient (Wildman–Crippen LogP) is 4.60. The molecule has 0 heterocycles. The summed E-state index contributed by atoms with van der Waals surface area (Å²) in [4.78, 5) is 12.4. The van der Waals surface area contributed by atoms with E-state index in [4.69, 9.17) is 10.00 Å². The molecule has 0 saturated heterocycles. The topological polar surface area (TPSA) is 50.1 Å². The van der Waals surface area contributed by atoms with Gasteiger partial charge in [-0.25, -0.2) is 0 Å². The smallest absolute Gasteiger partial charge is 0.167 e. The summed E-state index contributed by atoms with van der Waals surface area (Å²) in [6.45, 7) is 1.92. The minimum atomic E-state index is -0.248. The van der Waals surface area contributed by atoms with Crippen molar-refractivity contribution < 1.29 is 9.53 Å². The molecule has 0 aliphatic rings. The van der Waals surface area contributed by atoms with E-state index in [0.717, 1.165) is 5.75 Å². The minimum absolute atomic E-state index is 0.00226. The average Bonchev–Trinajstić information content (AvgIpc) is 2.53. The molecular formula is C18H17NO2. The van der Waals surface area contributed by atoms with Gasteiger partial charge in [-0.15, -0.1) is 0 Å². The lowest BCUT2D eigenvalue weighted by Crippen LogP contribution is -2.13. The molecule has 2 rings (SSSR count). The molecule has 1 unspecified atom stereocenters. The van der Waals surface area contributed by atoms with Crippen LogP contribution in [0.2, 0.25) is 0 Å². The Balaban J connectivity index is 2.18. The van der Waals surface area contributed by atoms with Crippen LogP contribution in [0.3, 0.4) is 0 Å². The van der Waals surface area contributed by atoms with E-state index in [0.29, 0.717) is 17.7 Å². The first kappa shape index (κ1) is 14.8. The van der Waals surface area contributed by atoms with Crippen LogP contribution in [0, 0.1) is 17.2 Å². The predicted molar refractivity (Wildman–Crippen MR) is 81.3 cm³/mol. The van der Waals surface area contributed by atoms with Gasteiger partial charge in [-0.2, -0.15) is 5.26 Å². The maximum absolute atomic E-state index is 12.4. The van der Waals surface area contributed by atoms with Crippen LogP contribution in [-0.4, -0.2) is 5.78 Å². The minimum Gasteiger partial charge on any atom is -0.457 e. The zero-order valence-electron chi connectivity index (χ0n) is 12.0. The van der Waals surface area contributed by atoms with Crippen molar-refractivity contribution in [2.75, 3.05) is 0 Å². The first-order valence-corrected chi connectivity index (χ1v) is 6.98. The van der Waals surface area contributed by atoms with Crippen LogP contribution in [0.5, 0.6) is 11.5 Å². The highest BCUT2D eigenvalue weighted by Crippen LogP contribution is 2.24. The number of ketones is 1. The molecule has 2 aromatic carbocycles. The molecule has 0 saturated carbocycles. The Morgan fingerprint density at radius 2 is 1.86 bits per heavy atom. The Bertz CT molecular complexity index is 644. The van der Waals surface area contributed by atoms with Crippen molar-refractivity contribution in [1.29, 1.82) is 5.26 Å². The van der Waals surface area contributed by atoms with Gasteiger partial charge in [-0.05, 0) is 30.7 Å². The zero-order valence-corrected chi connectivity index (χ0v) is 12.0. The highest BCUT2D eigenvalue weighted by molar-refractivity contribution is 5.98. The first-order chi connectivity index (χ1) is 10.2. The van der Waals surface area contributed by atoms with Gasteiger partial charge in [-0.3, -0.25) is 4.79 Å². The molecule has 106 valence electrons. The molecule has 21 heavy (non-hydrogen) atoms. The summed E-state index contributed by atoms with van der Waals surface area (Å²) in [6, 6.07) is 18.6. The number of para-hydroxylation sites is 1. The van der Waals surface area contributed by atoms with Crippen LogP contribution >= 0.6 is 0 Å². The maximum Gasteiger partial charge on any atom is 0.167 e. The van der Waals surface area contributed by atoms with Crippen LogP contribution < -0.4 is 4.74 Å². The SMILES string of the molecule is CCC(CC#N)C(=O)c1cccc(Oc2ccccc2)c1. The molecule has 0 aromatic heterocycles. The van der Waals surface area contributed by atoms with Crippen molar-refractivity contribution in [1.82, 2.24) is 0 Å². The second-order valence-corrected chi connectivity index (χ2v) is 4.77. The summed E-state index contributed by atoms with van der Waals surface area (Å²) >= 11 is 0.